The van der Waals surface area contributed by atoms with Gasteiger partial charge >= 0.3 is 0 Å². The smallest absolute Gasteiger partial charge is 0.0360 e. The van der Waals surface area contributed by atoms with Crippen LogP contribution >= 0.6 is 0 Å². The molecular weight excluding hydrogens is 180 g/mol. The molecule has 2 rings (SSSR count). The first-order chi connectivity index (χ1) is 7.42. The number of hydrogen-bond donors (Lipinski definition) is 0. The summed E-state index contributed by atoms with van der Waals surface area (Å²) in [4.78, 5) is 0. The summed E-state index contributed by atoms with van der Waals surface area (Å²) in [5.74, 6) is 3.30. The minimum atomic E-state index is 1.09. The van der Waals surface area contributed by atoms with Crippen molar-refractivity contribution in [3.8, 4) is 0 Å². The highest BCUT2D eigenvalue weighted by molar-refractivity contribution is 4.80. The van der Waals surface area contributed by atoms with E-state index in [1.807, 2.05) is 0 Å². The van der Waals surface area contributed by atoms with Gasteiger partial charge in [0, 0.05) is 0 Å². The third-order valence-electron chi connectivity index (χ3n) is 4.98. The van der Waals surface area contributed by atoms with Gasteiger partial charge in [0.15, 0.2) is 0 Å². The van der Waals surface area contributed by atoms with Gasteiger partial charge in [-0.15, -0.1) is 0 Å². The summed E-state index contributed by atoms with van der Waals surface area (Å²) in [7, 11) is 0. The fourth-order valence-electron chi connectivity index (χ4n) is 4.18. The van der Waals surface area contributed by atoms with Crippen LogP contribution in [0.1, 0.15) is 77.6 Å². The van der Waals surface area contributed by atoms with Crippen LogP contribution in [0, 0.1) is 17.8 Å². The molecule has 0 aromatic rings. The second-order valence-corrected chi connectivity index (χ2v) is 5.87. The van der Waals surface area contributed by atoms with Gasteiger partial charge in [-0.2, -0.15) is 0 Å². The van der Waals surface area contributed by atoms with E-state index in [4.69, 9.17) is 0 Å². The monoisotopic (exact) mass is 208 g/mol. The lowest BCUT2D eigenvalue weighted by molar-refractivity contribution is 0.139. The molecule has 2 saturated carbocycles. The molecule has 88 valence electrons. The van der Waals surface area contributed by atoms with Crippen LogP contribution in [0.15, 0.2) is 0 Å². The summed E-state index contributed by atoms with van der Waals surface area (Å²) in [6, 6.07) is 0. The lowest BCUT2D eigenvalue weighted by atomic mass is 9.69. The van der Waals surface area contributed by atoms with Gasteiger partial charge in [-0.3, -0.25) is 0 Å². The molecule has 0 heteroatoms. The predicted molar refractivity (Wildman–Crippen MR) is 66.9 cm³/mol. The molecule has 15 heavy (non-hydrogen) atoms. The second-order valence-electron chi connectivity index (χ2n) is 5.87. The molecule has 0 N–H and O–H groups in total. The Morgan fingerprint density at radius 3 is 1.47 bits per heavy atom. The molecule has 0 spiro atoms. The number of hydrogen-bond acceptors (Lipinski definition) is 0. The topological polar surface area (TPSA) is 0 Å². The van der Waals surface area contributed by atoms with Crippen molar-refractivity contribution < 1.29 is 0 Å². The van der Waals surface area contributed by atoms with Crippen LogP contribution in [0.4, 0.5) is 0 Å². The van der Waals surface area contributed by atoms with Gasteiger partial charge in [0.05, 0.1) is 0 Å². The summed E-state index contributed by atoms with van der Waals surface area (Å²) in [5, 5.41) is 0. The maximum Gasteiger partial charge on any atom is -0.0360 e. The molecule has 0 aromatic heterocycles. The number of rotatable bonds is 3. The largest absolute Gasteiger partial charge is 0.0651 e. The zero-order valence-corrected chi connectivity index (χ0v) is 10.5. The van der Waals surface area contributed by atoms with Crippen molar-refractivity contribution in [2.75, 3.05) is 0 Å². The van der Waals surface area contributed by atoms with Crippen molar-refractivity contribution in [2.24, 2.45) is 17.8 Å². The second kappa shape index (κ2) is 5.92. The maximum absolute atomic E-state index is 2.44. The highest BCUT2D eigenvalue weighted by Crippen LogP contribution is 2.41. The fourth-order valence-corrected chi connectivity index (χ4v) is 4.18. The Kier molecular flexibility index (Phi) is 4.53. The molecule has 0 amide bonds. The average Bonchev–Trinajstić information content (AvgIpc) is 2.33. The first-order valence-electron chi connectivity index (χ1n) is 7.42. The van der Waals surface area contributed by atoms with Crippen LogP contribution in [-0.2, 0) is 0 Å². The molecule has 0 bridgehead atoms. The van der Waals surface area contributed by atoms with E-state index in [9.17, 15) is 0 Å². The Bertz CT molecular complexity index is 143. The van der Waals surface area contributed by atoms with E-state index < -0.39 is 0 Å². The van der Waals surface area contributed by atoms with Crippen LogP contribution in [0.5, 0.6) is 0 Å². The highest BCUT2D eigenvalue weighted by Gasteiger charge is 2.29. The Labute approximate surface area is 95.8 Å². The van der Waals surface area contributed by atoms with Crippen molar-refractivity contribution in [1.29, 1.82) is 0 Å². The molecule has 0 saturated heterocycles. The van der Waals surface area contributed by atoms with Crippen molar-refractivity contribution in [3.05, 3.63) is 0 Å². The molecule has 0 unspecified atom stereocenters. The van der Waals surface area contributed by atoms with Gasteiger partial charge in [-0.1, -0.05) is 77.6 Å². The van der Waals surface area contributed by atoms with E-state index in [1.165, 1.54) is 44.9 Å². The lowest BCUT2D eigenvalue weighted by Crippen LogP contribution is -2.26. The van der Waals surface area contributed by atoms with E-state index in [2.05, 4.69) is 6.92 Å². The molecule has 0 atom stereocenters. The minimum absolute atomic E-state index is 1.09. The normalized spacial score (nSPS) is 26.0. The quantitative estimate of drug-likeness (QED) is 0.600. The average molecular weight is 208 g/mol. The van der Waals surface area contributed by atoms with Gasteiger partial charge in [-0.25, -0.2) is 0 Å². The summed E-state index contributed by atoms with van der Waals surface area (Å²) in [6.45, 7) is 2.44. The van der Waals surface area contributed by atoms with Crippen molar-refractivity contribution in [3.63, 3.8) is 0 Å². The van der Waals surface area contributed by atoms with E-state index in [0.29, 0.717) is 0 Å². The van der Waals surface area contributed by atoms with Gasteiger partial charge in [0.1, 0.15) is 0 Å². The van der Waals surface area contributed by atoms with Gasteiger partial charge in [0.25, 0.3) is 0 Å². The van der Waals surface area contributed by atoms with Crippen molar-refractivity contribution in [2.45, 2.75) is 77.6 Å². The van der Waals surface area contributed by atoms with Crippen LogP contribution in [0.3, 0.4) is 0 Å². The Balaban J connectivity index is 1.88. The standard InChI is InChI=1S/C15H28/c1-2-15(13-9-5-3-6-10-13)14-11-7-4-8-12-14/h13-15H,2-12H2,1H3. The first kappa shape index (κ1) is 11.5. The lowest BCUT2D eigenvalue weighted by Gasteiger charge is -2.37. The highest BCUT2D eigenvalue weighted by atomic mass is 14.3. The Hall–Kier alpha value is 0. The van der Waals surface area contributed by atoms with E-state index in [1.54, 1.807) is 25.7 Å². The van der Waals surface area contributed by atoms with Gasteiger partial charge < -0.3 is 0 Å². The Morgan fingerprint density at radius 1 is 0.733 bits per heavy atom. The predicted octanol–water partition coefficient (Wildman–Crippen LogP) is 5.17. The van der Waals surface area contributed by atoms with Gasteiger partial charge in [-0.05, 0) is 17.8 Å². The molecule has 2 aliphatic rings. The summed E-state index contributed by atoms with van der Waals surface area (Å²) in [5.41, 5.74) is 0. The van der Waals surface area contributed by atoms with Gasteiger partial charge in [0.2, 0.25) is 0 Å². The third-order valence-corrected chi connectivity index (χ3v) is 4.98. The fraction of sp³-hybridized carbons (Fsp3) is 1.00. The van der Waals surface area contributed by atoms with Crippen LogP contribution in [0.25, 0.3) is 0 Å². The Morgan fingerprint density at radius 2 is 1.13 bits per heavy atom. The van der Waals surface area contributed by atoms with Crippen molar-refractivity contribution in [1.82, 2.24) is 0 Å². The molecule has 0 nitrogen and oxygen atoms in total. The van der Waals surface area contributed by atoms with E-state index in [-0.39, 0.29) is 0 Å². The molecule has 0 radical (unpaired) electrons. The minimum Gasteiger partial charge on any atom is -0.0651 e. The summed E-state index contributed by atoms with van der Waals surface area (Å²) in [6.07, 6.45) is 16.8. The SMILES string of the molecule is CCC(C1CCCCC1)C1CCCCC1. The molecule has 0 aromatic carbocycles. The first-order valence-corrected chi connectivity index (χ1v) is 7.42. The maximum atomic E-state index is 2.44. The molecular formula is C15H28. The van der Waals surface area contributed by atoms with Crippen LogP contribution in [-0.4, -0.2) is 0 Å². The molecule has 0 aliphatic heterocycles. The molecule has 0 heterocycles. The summed E-state index contributed by atoms with van der Waals surface area (Å²) < 4.78 is 0. The molecule has 2 aliphatic carbocycles. The van der Waals surface area contributed by atoms with Crippen LogP contribution in [0.2, 0.25) is 0 Å². The molecule has 2 fully saturated rings. The van der Waals surface area contributed by atoms with E-state index >= 15 is 0 Å². The zero-order valence-electron chi connectivity index (χ0n) is 10.5. The summed E-state index contributed by atoms with van der Waals surface area (Å²) >= 11 is 0. The van der Waals surface area contributed by atoms with E-state index in [0.717, 1.165) is 17.8 Å². The third kappa shape index (κ3) is 2.98. The van der Waals surface area contributed by atoms with Crippen LogP contribution < -0.4 is 0 Å². The zero-order chi connectivity index (χ0) is 10.5. The van der Waals surface area contributed by atoms with Crippen molar-refractivity contribution >= 4 is 0 Å².